The van der Waals surface area contributed by atoms with Gasteiger partial charge in [-0.2, -0.15) is 0 Å². The van der Waals surface area contributed by atoms with E-state index < -0.39 is 0 Å². The third kappa shape index (κ3) is 4.28. The molecule has 2 heterocycles. The molecule has 1 saturated heterocycles. The fourth-order valence-electron chi connectivity index (χ4n) is 2.31. The fourth-order valence-corrected chi connectivity index (χ4v) is 3.25. The number of nitrogens with zero attached hydrogens (tertiary/aromatic N) is 1. The van der Waals surface area contributed by atoms with E-state index in [4.69, 9.17) is 0 Å². The van der Waals surface area contributed by atoms with E-state index in [1.807, 2.05) is 0 Å². The van der Waals surface area contributed by atoms with E-state index in [0.29, 0.717) is 6.54 Å². The molecule has 0 atom stereocenters. The van der Waals surface area contributed by atoms with Gasteiger partial charge in [-0.25, -0.2) is 4.98 Å². The summed E-state index contributed by atoms with van der Waals surface area (Å²) in [5.41, 5.74) is 1.20. The van der Waals surface area contributed by atoms with E-state index in [1.54, 1.807) is 11.3 Å². The van der Waals surface area contributed by atoms with Crippen molar-refractivity contribution in [3.8, 4) is 0 Å². The van der Waals surface area contributed by atoms with Crippen LogP contribution in [-0.2, 0) is 16.6 Å². The Hall–Kier alpha value is -0.940. The topological polar surface area (TPSA) is 54.0 Å². The normalized spacial score (nSPS) is 17.1. The summed E-state index contributed by atoms with van der Waals surface area (Å²) < 4.78 is 0. The third-order valence-electron chi connectivity index (χ3n) is 3.58. The number of aromatic nitrogens is 1. The van der Waals surface area contributed by atoms with E-state index in [9.17, 15) is 4.79 Å². The molecule has 4 nitrogen and oxygen atoms in total. The van der Waals surface area contributed by atoms with Crippen LogP contribution >= 0.6 is 11.3 Å². The number of amides is 1. The lowest BCUT2D eigenvalue weighted by molar-refractivity contribution is -0.125. The maximum atomic E-state index is 12.0. The van der Waals surface area contributed by atoms with Gasteiger partial charge in [0.25, 0.3) is 0 Å². The SMILES string of the molecule is CC(C)(C)c1nc(CCNC(=O)C2CCNCC2)cs1. The molecule has 112 valence electrons. The Balaban J connectivity index is 1.75. The molecule has 0 saturated carbocycles. The molecule has 1 aliphatic heterocycles. The van der Waals surface area contributed by atoms with E-state index in [0.717, 1.165) is 43.1 Å². The zero-order valence-corrected chi connectivity index (χ0v) is 13.5. The van der Waals surface area contributed by atoms with Crippen LogP contribution in [0.25, 0.3) is 0 Å². The maximum absolute atomic E-state index is 12.0. The zero-order valence-electron chi connectivity index (χ0n) is 12.7. The van der Waals surface area contributed by atoms with Gasteiger partial charge in [-0.3, -0.25) is 4.79 Å². The van der Waals surface area contributed by atoms with Crippen molar-refractivity contribution in [2.45, 2.75) is 45.4 Å². The van der Waals surface area contributed by atoms with Crippen LogP contribution in [0.1, 0.15) is 44.3 Å². The molecule has 20 heavy (non-hydrogen) atoms. The number of carbonyl (C=O) groups excluding carboxylic acids is 1. The summed E-state index contributed by atoms with van der Waals surface area (Å²) >= 11 is 1.71. The summed E-state index contributed by atoms with van der Waals surface area (Å²) in [4.78, 5) is 16.6. The van der Waals surface area contributed by atoms with Crippen molar-refractivity contribution in [1.29, 1.82) is 0 Å². The van der Waals surface area contributed by atoms with Crippen molar-refractivity contribution in [3.05, 3.63) is 16.1 Å². The second-order valence-electron chi connectivity index (χ2n) is 6.46. The molecular weight excluding hydrogens is 270 g/mol. The largest absolute Gasteiger partial charge is 0.355 e. The summed E-state index contributed by atoms with van der Waals surface area (Å²) in [5.74, 6) is 0.398. The number of thiazole rings is 1. The quantitative estimate of drug-likeness (QED) is 0.894. The van der Waals surface area contributed by atoms with E-state index in [1.165, 1.54) is 0 Å². The lowest BCUT2D eigenvalue weighted by Crippen LogP contribution is -2.38. The first-order valence-corrected chi connectivity index (χ1v) is 8.28. The molecule has 0 radical (unpaired) electrons. The predicted molar refractivity (Wildman–Crippen MR) is 83.1 cm³/mol. The number of hydrogen-bond acceptors (Lipinski definition) is 4. The zero-order chi connectivity index (χ0) is 14.6. The second kappa shape index (κ2) is 6.68. The van der Waals surface area contributed by atoms with Crippen molar-refractivity contribution in [2.24, 2.45) is 5.92 Å². The van der Waals surface area contributed by atoms with Crippen molar-refractivity contribution in [3.63, 3.8) is 0 Å². The van der Waals surface area contributed by atoms with Crippen molar-refractivity contribution in [1.82, 2.24) is 15.6 Å². The molecule has 0 spiro atoms. The smallest absolute Gasteiger partial charge is 0.223 e. The van der Waals surface area contributed by atoms with Gasteiger partial charge >= 0.3 is 0 Å². The van der Waals surface area contributed by atoms with Crippen LogP contribution in [0.2, 0.25) is 0 Å². The first-order chi connectivity index (χ1) is 9.47. The van der Waals surface area contributed by atoms with Gasteiger partial charge in [0.1, 0.15) is 0 Å². The highest BCUT2D eigenvalue weighted by atomic mass is 32.1. The molecule has 2 rings (SSSR count). The van der Waals surface area contributed by atoms with Crippen molar-refractivity contribution in [2.75, 3.05) is 19.6 Å². The monoisotopic (exact) mass is 295 g/mol. The molecular formula is C15H25N3OS. The van der Waals surface area contributed by atoms with Gasteiger partial charge < -0.3 is 10.6 Å². The van der Waals surface area contributed by atoms with Gasteiger partial charge in [-0.05, 0) is 25.9 Å². The van der Waals surface area contributed by atoms with Crippen LogP contribution in [0.4, 0.5) is 0 Å². The summed E-state index contributed by atoms with van der Waals surface area (Å²) in [5, 5.41) is 9.60. The maximum Gasteiger partial charge on any atom is 0.223 e. The van der Waals surface area contributed by atoms with E-state index in [2.05, 4.69) is 41.8 Å². The number of rotatable bonds is 4. The van der Waals surface area contributed by atoms with Gasteiger partial charge in [0.05, 0.1) is 10.7 Å². The minimum Gasteiger partial charge on any atom is -0.355 e. The Morgan fingerprint density at radius 2 is 2.15 bits per heavy atom. The number of nitrogens with one attached hydrogen (secondary N) is 2. The average Bonchev–Trinajstić information content (AvgIpc) is 2.88. The Bertz CT molecular complexity index is 444. The molecule has 1 aliphatic rings. The van der Waals surface area contributed by atoms with Crippen molar-refractivity contribution >= 4 is 17.2 Å². The molecule has 0 aliphatic carbocycles. The highest BCUT2D eigenvalue weighted by molar-refractivity contribution is 7.09. The Morgan fingerprint density at radius 3 is 2.75 bits per heavy atom. The van der Waals surface area contributed by atoms with Crippen LogP contribution in [-0.4, -0.2) is 30.5 Å². The Morgan fingerprint density at radius 1 is 1.45 bits per heavy atom. The molecule has 1 aromatic heterocycles. The molecule has 0 bridgehead atoms. The summed E-state index contributed by atoms with van der Waals surface area (Å²) in [6.07, 6.45) is 2.73. The Labute approximate surface area is 125 Å². The van der Waals surface area contributed by atoms with Crippen LogP contribution in [0.5, 0.6) is 0 Å². The molecule has 2 N–H and O–H groups in total. The molecule has 1 fully saturated rings. The van der Waals surface area contributed by atoms with Crippen molar-refractivity contribution < 1.29 is 4.79 Å². The summed E-state index contributed by atoms with van der Waals surface area (Å²) in [7, 11) is 0. The molecule has 0 unspecified atom stereocenters. The molecule has 0 aromatic carbocycles. The van der Waals surface area contributed by atoms with Crippen LogP contribution in [0.15, 0.2) is 5.38 Å². The molecule has 1 amide bonds. The highest BCUT2D eigenvalue weighted by Gasteiger charge is 2.21. The fraction of sp³-hybridized carbons (Fsp3) is 0.733. The van der Waals surface area contributed by atoms with Gasteiger partial charge in [0.15, 0.2) is 0 Å². The van der Waals surface area contributed by atoms with E-state index in [-0.39, 0.29) is 17.2 Å². The first-order valence-electron chi connectivity index (χ1n) is 7.40. The van der Waals surface area contributed by atoms with Crippen LogP contribution in [0.3, 0.4) is 0 Å². The predicted octanol–water partition coefficient (Wildman–Crippen LogP) is 2.10. The Kier molecular flexibility index (Phi) is 5.16. The van der Waals surface area contributed by atoms with Gasteiger partial charge in [-0.15, -0.1) is 11.3 Å². The minimum absolute atomic E-state index is 0.112. The van der Waals surface area contributed by atoms with Gasteiger partial charge in [-0.1, -0.05) is 20.8 Å². The third-order valence-corrected chi connectivity index (χ3v) is 4.90. The minimum atomic E-state index is 0.112. The molecule has 5 heteroatoms. The average molecular weight is 295 g/mol. The van der Waals surface area contributed by atoms with E-state index >= 15 is 0 Å². The standard InChI is InChI=1S/C15H25N3OS/c1-15(2,3)14-18-12(10-20-14)6-9-17-13(19)11-4-7-16-8-5-11/h10-11,16H,4-9H2,1-3H3,(H,17,19). The molecule has 1 aromatic rings. The summed E-state index contributed by atoms with van der Waals surface area (Å²) in [6, 6.07) is 0. The first kappa shape index (κ1) is 15.4. The number of carbonyl (C=O) groups is 1. The van der Waals surface area contributed by atoms with Gasteiger partial charge in [0.2, 0.25) is 5.91 Å². The number of hydrogen-bond donors (Lipinski definition) is 2. The summed E-state index contributed by atoms with van der Waals surface area (Å²) in [6.45, 7) is 9.13. The lowest BCUT2D eigenvalue weighted by atomic mass is 9.97. The highest BCUT2D eigenvalue weighted by Crippen LogP contribution is 2.25. The number of piperidine rings is 1. The second-order valence-corrected chi connectivity index (χ2v) is 7.32. The van der Waals surface area contributed by atoms with Crippen LogP contribution in [0, 0.1) is 5.92 Å². The van der Waals surface area contributed by atoms with Gasteiger partial charge in [0, 0.05) is 29.7 Å². The lowest BCUT2D eigenvalue weighted by Gasteiger charge is -2.21. The van der Waals surface area contributed by atoms with Crippen LogP contribution < -0.4 is 10.6 Å².